The summed E-state index contributed by atoms with van der Waals surface area (Å²) in [6, 6.07) is -0.662. The molecule has 1 aliphatic carbocycles. The van der Waals surface area contributed by atoms with E-state index in [0.717, 1.165) is 12.5 Å². The number of carbonyl (C=O) groups is 2. The minimum atomic E-state index is -0.905. The maximum Gasteiger partial charge on any atom is 0.327 e. The van der Waals surface area contributed by atoms with E-state index in [-0.39, 0.29) is 17.8 Å². The van der Waals surface area contributed by atoms with Crippen LogP contribution in [0.2, 0.25) is 0 Å². The molecular weight excluding hydrogens is 240 g/mol. The molecule has 0 spiro atoms. The second-order valence-electron chi connectivity index (χ2n) is 4.66. The average molecular weight is 258 g/mol. The molecule has 5 nitrogen and oxygen atoms in total. The molecule has 0 aromatic rings. The molecule has 1 heterocycles. The summed E-state index contributed by atoms with van der Waals surface area (Å²) in [5, 5.41) is 12.1. The highest BCUT2D eigenvalue weighted by molar-refractivity contribution is 8.00. The van der Waals surface area contributed by atoms with Crippen LogP contribution in [-0.4, -0.2) is 52.1 Å². The van der Waals surface area contributed by atoms with Gasteiger partial charge in [0.1, 0.15) is 6.04 Å². The Morgan fingerprint density at radius 1 is 1.47 bits per heavy atom. The SMILES string of the molecule is CC1SCC(C(=O)O)N1C(=O)CNCC1CC1. The van der Waals surface area contributed by atoms with Gasteiger partial charge in [0.2, 0.25) is 5.91 Å². The van der Waals surface area contributed by atoms with Crippen LogP contribution < -0.4 is 5.32 Å². The summed E-state index contributed by atoms with van der Waals surface area (Å²) in [5.41, 5.74) is 0. The van der Waals surface area contributed by atoms with E-state index in [1.165, 1.54) is 29.5 Å². The van der Waals surface area contributed by atoms with E-state index in [4.69, 9.17) is 5.11 Å². The third-order valence-electron chi connectivity index (χ3n) is 3.20. The number of carbonyl (C=O) groups excluding carboxylic acids is 1. The summed E-state index contributed by atoms with van der Waals surface area (Å²) < 4.78 is 0. The summed E-state index contributed by atoms with van der Waals surface area (Å²) in [6.07, 6.45) is 2.49. The first-order valence-corrected chi connectivity index (χ1v) is 7.00. The van der Waals surface area contributed by atoms with E-state index in [1.54, 1.807) is 0 Å². The van der Waals surface area contributed by atoms with Gasteiger partial charge in [0.25, 0.3) is 0 Å². The summed E-state index contributed by atoms with van der Waals surface area (Å²) in [6.45, 7) is 3.01. The van der Waals surface area contributed by atoms with Crippen molar-refractivity contribution >= 4 is 23.6 Å². The lowest BCUT2D eigenvalue weighted by Gasteiger charge is -2.25. The van der Waals surface area contributed by atoms with E-state index >= 15 is 0 Å². The van der Waals surface area contributed by atoms with Crippen molar-refractivity contribution < 1.29 is 14.7 Å². The van der Waals surface area contributed by atoms with Gasteiger partial charge in [-0.2, -0.15) is 0 Å². The lowest BCUT2D eigenvalue weighted by molar-refractivity contribution is -0.148. The lowest BCUT2D eigenvalue weighted by Crippen LogP contribution is -2.48. The third kappa shape index (κ3) is 3.13. The van der Waals surface area contributed by atoms with Gasteiger partial charge >= 0.3 is 5.97 Å². The molecule has 0 aromatic carbocycles. The van der Waals surface area contributed by atoms with Crippen molar-refractivity contribution in [2.75, 3.05) is 18.8 Å². The lowest BCUT2D eigenvalue weighted by atomic mass is 10.2. The summed E-state index contributed by atoms with van der Waals surface area (Å²) in [4.78, 5) is 24.5. The minimum Gasteiger partial charge on any atom is -0.480 e. The Morgan fingerprint density at radius 3 is 2.76 bits per heavy atom. The van der Waals surface area contributed by atoms with Crippen molar-refractivity contribution in [1.29, 1.82) is 0 Å². The normalized spacial score (nSPS) is 28.4. The van der Waals surface area contributed by atoms with Crippen LogP contribution in [0.1, 0.15) is 19.8 Å². The van der Waals surface area contributed by atoms with Crippen LogP contribution in [-0.2, 0) is 9.59 Å². The first-order chi connectivity index (χ1) is 8.09. The van der Waals surface area contributed by atoms with Gasteiger partial charge in [-0.3, -0.25) is 4.79 Å². The molecule has 2 atom stereocenters. The molecule has 1 aliphatic heterocycles. The molecule has 0 bridgehead atoms. The largest absolute Gasteiger partial charge is 0.480 e. The van der Waals surface area contributed by atoms with Gasteiger partial charge in [-0.15, -0.1) is 11.8 Å². The van der Waals surface area contributed by atoms with Crippen LogP contribution in [0, 0.1) is 5.92 Å². The molecule has 1 saturated carbocycles. The van der Waals surface area contributed by atoms with Gasteiger partial charge in [0.15, 0.2) is 0 Å². The number of nitrogens with zero attached hydrogens (tertiary/aromatic N) is 1. The fourth-order valence-electron chi connectivity index (χ4n) is 2.01. The molecule has 17 heavy (non-hydrogen) atoms. The zero-order chi connectivity index (χ0) is 12.4. The van der Waals surface area contributed by atoms with Crippen molar-refractivity contribution in [3.05, 3.63) is 0 Å². The number of nitrogens with one attached hydrogen (secondary N) is 1. The number of hydrogen-bond acceptors (Lipinski definition) is 4. The van der Waals surface area contributed by atoms with Crippen molar-refractivity contribution in [3.63, 3.8) is 0 Å². The van der Waals surface area contributed by atoms with E-state index in [9.17, 15) is 9.59 Å². The monoisotopic (exact) mass is 258 g/mol. The number of thioether (sulfide) groups is 1. The third-order valence-corrected chi connectivity index (χ3v) is 4.42. The molecule has 2 fully saturated rings. The second-order valence-corrected chi connectivity index (χ2v) is 6.01. The predicted molar refractivity (Wildman–Crippen MR) is 65.8 cm³/mol. The van der Waals surface area contributed by atoms with E-state index in [2.05, 4.69) is 5.32 Å². The molecule has 1 amide bonds. The van der Waals surface area contributed by atoms with Gasteiger partial charge in [0, 0.05) is 5.75 Å². The molecule has 0 radical (unpaired) electrons. The molecule has 0 aromatic heterocycles. The molecule has 96 valence electrons. The highest BCUT2D eigenvalue weighted by Gasteiger charge is 2.39. The van der Waals surface area contributed by atoms with Crippen molar-refractivity contribution in [1.82, 2.24) is 10.2 Å². The summed E-state index contributed by atoms with van der Waals surface area (Å²) in [5.74, 6) is 0.210. The fourth-order valence-corrected chi connectivity index (χ4v) is 3.20. The number of carboxylic acid groups (broad SMARTS) is 1. The Morgan fingerprint density at radius 2 is 2.18 bits per heavy atom. The Balaban J connectivity index is 1.84. The highest BCUT2D eigenvalue weighted by Crippen LogP contribution is 2.29. The van der Waals surface area contributed by atoms with Crippen LogP contribution in [0.15, 0.2) is 0 Å². The number of amides is 1. The quantitative estimate of drug-likeness (QED) is 0.745. The first-order valence-electron chi connectivity index (χ1n) is 5.96. The van der Waals surface area contributed by atoms with Gasteiger partial charge in [-0.05, 0) is 32.2 Å². The summed E-state index contributed by atoms with van der Waals surface area (Å²) in [7, 11) is 0. The van der Waals surface area contributed by atoms with Crippen molar-refractivity contribution in [2.45, 2.75) is 31.2 Å². The maximum atomic E-state index is 12.0. The van der Waals surface area contributed by atoms with E-state index in [1.807, 2.05) is 6.92 Å². The van der Waals surface area contributed by atoms with E-state index in [0.29, 0.717) is 5.75 Å². The Kier molecular flexibility index (Phi) is 3.93. The topological polar surface area (TPSA) is 69.6 Å². The molecule has 2 N–H and O–H groups in total. The Bertz CT molecular complexity index is 320. The Hall–Kier alpha value is -0.750. The summed E-state index contributed by atoms with van der Waals surface area (Å²) >= 11 is 1.52. The van der Waals surface area contributed by atoms with Crippen LogP contribution in [0.5, 0.6) is 0 Å². The number of rotatable bonds is 5. The van der Waals surface area contributed by atoms with Crippen molar-refractivity contribution in [3.8, 4) is 0 Å². The number of aliphatic carboxylic acids is 1. The Labute approximate surface area is 105 Å². The maximum absolute atomic E-state index is 12.0. The van der Waals surface area contributed by atoms with Gasteiger partial charge < -0.3 is 15.3 Å². The number of carboxylic acids is 1. The predicted octanol–water partition coefficient (Wildman–Crippen LogP) is 0.361. The number of hydrogen-bond donors (Lipinski definition) is 2. The molecule has 2 aliphatic rings. The van der Waals surface area contributed by atoms with E-state index < -0.39 is 12.0 Å². The molecule has 2 rings (SSSR count). The van der Waals surface area contributed by atoms with Crippen LogP contribution in [0.4, 0.5) is 0 Å². The highest BCUT2D eigenvalue weighted by atomic mass is 32.2. The molecule has 2 unspecified atom stereocenters. The fraction of sp³-hybridized carbons (Fsp3) is 0.818. The second kappa shape index (κ2) is 5.27. The molecule has 6 heteroatoms. The molecule has 1 saturated heterocycles. The molecular formula is C11H18N2O3S. The standard InChI is InChI=1S/C11H18N2O3S/c1-7-13(9(6-17-7)11(15)16)10(14)5-12-4-8-2-3-8/h7-9,12H,2-6H2,1H3,(H,15,16). The minimum absolute atomic E-state index is 0.0358. The van der Waals surface area contributed by atoms with Gasteiger partial charge in [-0.1, -0.05) is 0 Å². The zero-order valence-electron chi connectivity index (χ0n) is 9.89. The van der Waals surface area contributed by atoms with Crippen LogP contribution in [0.25, 0.3) is 0 Å². The van der Waals surface area contributed by atoms with Crippen LogP contribution >= 0.6 is 11.8 Å². The average Bonchev–Trinajstić information content (AvgIpc) is 2.99. The smallest absolute Gasteiger partial charge is 0.327 e. The first kappa shape index (κ1) is 12.7. The van der Waals surface area contributed by atoms with Gasteiger partial charge in [0.05, 0.1) is 11.9 Å². The van der Waals surface area contributed by atoms with Gasteiger partial charge in [-0.25, -0.2) is 4.79 Å². The van der Waals surface area contributed by atoms with Crippen molar-refractivity contribution in [2.24, 2.45) is 5.92 Å². The zero-order valence-corrected chi connectivity index (χ0v) is 10.7. The van der Waals surface area contributed by atoms with Crippen LogP contribution in [0.3, 0.4) is 0 Å².